The number of benzene rings is 1. The molecule has 0 saturated carbocycles. The summed E-state index contributed by atoms with van der Waals surface area (Å²) in [6, 6.07) is 4.89. The minimum Gasteiger partial charge on any atom is -0.492 e. The number of non-ortho nitro benzene ring substituents is 1. The van der Waals surface area contributed by atoms with Gasteiger partial charge in [-0.25, -0.2) is 0 Å². The molecule has 25 heavy (non-hydrogen) atoms. The van der Waals surface area contributed by atoms with Crippen LogP contribution in [-0.2, 0) is 12.8 Å². The number of aromatic nitrogens is 1. The number of nitro groups is 1. The van der Waals surface area contributed by atoms with Crippen molar-refractivity contribution in [1.82, 2.24) is 9.88 Å². The van der Waals surface area contributed by atoms with Crippen LogP contribution in [0.25, 0.3) is 10.9 Å². The van der Waals surface area contributed by atoms with Crippen molar-refractivity contribution < 1.29 is 9.66 Å². The van der Waals surface area contributed by atoms with Crippen molar-refractivity contribution in [3.63, 3.8) is 0 Å². The number of aryl methyl sites for hydroxylation is 1. The highest BCUT2D eigenvalue weighted by molar-refractivity contribution is 5.88. The molecule has 6 heteroatoms. The van der Waals surface area contributed by atoms with E-state index in [1.54, 1.807) is 18.2 Å². The molecule has 0 spiro atoms. The van der Waals surface area contributed by atoms with Gasteiger partial charge in [0.2, 0.25) is 0 Å². The molecule has 1 aromatic carbocycles. The third kappa shape index (κ3) is 4.07. The van der Waals surface area contributed by atoms with Crippen molar-refractivity contribution in [3.05, 3.63) is 39.6 Å². The third-order valence-electron chi connectivity index (χ3n) is 4.65. The molecule has 0 radical (unpaired) electrons. The molecule has 0 N–H and O–H groups in total. The second-order valence-electron chi connectivity index (χ2n) is 6.89. The molecular formula is C19H25N3O3. The maximum absolute atomic E-state index is 11.1. The number of fused-ring (bicyclic) bond motifs is 2. The molecule has 0 bridgehead atoms. The van der Waals surface area contributed by atoms with Crippen molar-refractivity contribution in [3.8, 4) is 5.75 Å². The van der Waals surface area contributed by atoms with Gasteiger partial charge in [-0.15, -0.1) is 0 Å². The van der Waals surface area contributed by atoms with Crippen molar-refractivity contribution in [2.45, 2.75) is 38.5 Å². The topological polar surface area (TPSA) is 68.5 Å². The molecule has 6 nitrogen and oxygen atoms in total. The zero-order valence-electron chi connectivity index (χ0n) is 15.0. The smallest absolute Gasteiger partial charge is 0.271 e. The summed E-state index contributed by atoms with van der Waals surface area (Å²) in [5.74, 6) is 0.885. The van der Waals surface area contributed by atoms with Crippen LogP contribution >= 0.6 is 0 Å². The molecule has 3 rings (SSSR count). The van der Waals surface area contributed by atoms with Crippen molar-refractivity contribution in [1.29, 1.82) is 0 Å². The molecule has 0 fully saturated rings. The van der Waals surface area contributed by atoms with Gasteiger partial charge in [-0.3, -0.25) is 15.1 Å². The monoisotopic (exact) mass is 343 g/mol. The van der Waals surface area contributed by atoms with E-state index in [4.69, 9.17) is 9.72 Å². The molecule has 134 valence electrons. The van der Waals surface area contributed by atoms with E-state index in [0.29, 0.717) is 12.1 Å². The normalized spacial score (nSPS) is 14.4. The molecule has 1 heterocycles. The number of nitrogens with zero attached hydrogens (tertiary/aromatic N) is 3. The van der Waals surface area contributed by atoms with Crippen molar-refractivity contribution in [2.75, 3.05) is 27.2 Å². The first-order valence-electron chi connectivity index (χ1n) is 8.93. The highest BCUT2D eigenvalue weighted by Crippen LogP contribution is 2.36. The Balaban J connectivity index is 2.00. The summed E-state index contributed by atoms with van der Waals surface area (Å²) in [5, 5.41) is 12.0. The average molecular weight is 343 g/mol. The summed E-state index contributed by atoms with van der Waals surface area (Å²) in [6.07, 6.45) is 6.27. The van der Waals surface area contributed by atoms with Gasteiger partial charge in [-0.05, 0) is 52.3 Å². The quantitative estimate of drug-likeness (QED) is 0.346. The fraction of sp³-hybridized carbons (Fsp3) is 0.526. The Labute approximate surface area is 148 Å². The summed E-state index contributed by atoms with van der Waals surface area (Å²) >= 11 is 0. The van der Waals surface area contributed by atoms with Gasteiger partial charge in [-0.2, -0.15) is 0 Å². The van der Waals surface area contributed by atoms with E-state index in [9.17, 15) is 10.1 Å². The number of nitro benzene ring substituents is 1. The van der Waals surface area contributed by atoms with Crippen LogP contribution in [0.2, 0.25) is 0 Å². The highest BCUT2D eigenvalue weighted by atomic mass is 16.6. The second kappa shape index (κ2) is 7.78. The predicted octanol–water partition coefficient (Wildman–Crippen LogP) is 3.74. The minimum atomic E-state index is -0.371. The first-order chi connectivity index (χ1) is 12.1. The molecule has 0 atom stereocenters. The molecular weight excluding hydrogens is 318 g/mol. The summed E-state index contributed by atoms with van der Waals surface area (Å²) in [4.78, 5) is 17.6. The van der Waals surface area contributed by atoms with Gasteiger partial charge in [-0.1, -0.05) is 6.42 Å². The molecule has 0 saturated heterocycles. The second-order valence-corrected chi connectivity index (χ2v) is 6.89. The van der Waals surface area contributed by atoms with Crippen molar-refractivity contribution in [2.24, 2.45) is 0 Å². The summed E-state index contributed by atoms with van der Waals surface area (Å²) < 4.78 is 6.19. The Kier molecular flexibility index (Phi) is 5.48. The number of ether oxygens (including phenoxy) is 1. The van der Waals surface area contributed by atoms with E-state index >= 15 is 0 Å². The Hall–Kier alpha value is -2.21. The minimum absolute atomic E-state index is 0.0760. The van der Waals surface area contributed by atoms with Gasteiger partial charge in [0.25, 0.3) is 5.69 Å². The van der Waals surface area contributed by atoms with E-state index in [0.717, 1.165) is 55.5 Å². The molecule has 0 amide bonds. The van der Waals surface area contributed by atoms with Gasteiger partial charge in [0.15, 0.2) is 0 Å². The fourth-order valence-corrected chi connectivity index (χ4v) is 3.38. The molecule has 0 aliphatic heterocycles. The number of pyridine rings is 1. The predicted molar refractivity (Wildman–Crippen MR) is 98.3 cm³/mol. The Morgan fingerprint density at radius 3 is 2.80 bits per heavy atom. The lowest BCUT2D eigenvalue weighted by molar-refractivity contribution is -0.384. The van der Waals surface area contributed by atoms with Crippen LogP contribution < -0.4 is 4.74 Å². The summed E-state index contributed by atoms with van der Waals surface area (Å²) in [7, 11) is 4.10. The average Bonchev–Trinajstić information content (AvgIpc) is 2.82. The largest absolute Gasteiger partial charge is 0.492 e. The summed E-state index contributed by atoms with van der Waals surface area (Å²) in [5.41, 5.74) is 2.99. The van der Waals surface area contributed by atoms with Crippen LogP contribution in [0.1, 0.15) is 36.9 Å². The first kappa shape index (κ1) is 17.6. The van der Waals surface area contributed by atoms with Gasteiger partial charge in [0.05, 0.1) is 17.0 Å². The van der Waals surface area contributed by atoms with Crippen LogP contribution in [-0.4, -0.2) is 42.1 Å². The molecule has 1 aliphatic carbocycles. The zero-order valence-corrected chi connectivity index (χ0v) is 15.0. The molecule has 1 aromatic heterocycles. The van der Waals surface area contributed by atoms with Crippen LogP contribution in [0.15, 0.2) is 18.2 Å². The van der Waals surface area contributed by atoms with E-state index in [1.165, 1.54) is 12.0 Å². The van der Waals surface area contributed by atoms with E-state index in [2.05, 4.69) is 4.90 Å². The lowest BCUT2D eigenvalue weighted by Crippen LogP contribution is -2.16. The first-order valence-corrected chi connectivity index (χ1v) is 8.93. The van der Waals surface area contributed by atoms with E-state index in [1.807, 2.05) is 14.1 Å². The number of rotatable bonds is 6. The van der Waals surface area contributed by atoms with E-state index in [-0.39, 0.29) is 10.6 Å². The van der Waals surface area contributed by atoms with Gasteiger partial charge in [0.1, 0.15) is 5.75 Å². The number of hydrogen-bond acceptors (Lipinski definition) is 5. The Bertz CT molecular complexity index is 774. The lowest BCUT2D eigenvalue weighted by Gasteiger charge is -2.17. The zero-order chi connectivity index (χ0) is 17.8. The SMILES string of the molecule is CN(C)CCCOc1c2c(nc3cc([N+](=O)[O-])ccc13)CCCCC2. The van der Waals surface area contributed by atoms with Crippen LogP contribution in [0, 0.1) is 10.1 Å². The number of hydrogen-bond donors (Lipinski definition) is 0. The third-order valence-corrected chi connectivity index (χ3v) is 4.65. The van der Waals surface area contributed by atoms with Crippen molar-refractivity contribution >= 4 is 16.6 Å². The van der Waals surface area contributed by atoms with Crippen LogP contribution in [0.4, 0.5) is 5.69 Å². The van der Waals surface area contributed by atoms with Crippen LogP contribution in [0.5, 0.6) is 5.75 Å². The van der Waals surface area contributed by atoms with Gasteiger partial charge >= 0.3 is 0 Å². The molecule has 2 aromatic rings. The lowest BCUT2D eigenvalue weighted by atomic mass is 10.0. The fourth-order valence-electron chi connectivity index (χ4n) is 3.38. The molecule has 0 unspecified atom stereocenters. The van der Waals surface area contributed by atoms with Gasteiger partial charge < -0.3 is 9.64 Å². The molecule has 1 aliphatic rings. The van der Waals surface area contributed by atoms with Gasteiger partial charge in [0, 0.05) is 35.3 Å². The Morgan fingerprint density at radius 2 is 2.04 bits per heavy atom. The Morgan fingerprint density at radius 1 is 1.24 bits per heavy atom. The van der Waals surface area contributed by atoms with E-state index < -0.39 is 0 Å². The maximum Gasteiger partial charge on any atom is 0.271 e. The highest BCUT2D eigenvalue weighted by Gasteiger charge is 2.20. The van der Waals surface area contributed by atoms with Crippen LogP contribution in [0.3, 0.4) is 0 Å². The summed E-state index contributed by atoms with van der Waals surface area (Å²) in [6.45, 7) is 1.61. The maximum atomic E-state index is 11.1. The standard InChI is InChI=1S/C19H25N3O3/c1-21(2)11-6-12-25-19-15-7-4-3-5-8-17(15)20-18-13-14(22(23)24)9-10-16(18)19/h9-10,13H,3-8,11-12H2,1-2H3.